The van der Waals surface area contributed by atoms with Gasteiger partial charge in [0, 0.05) is 26.1 Å². The van der Waals surface area contributed by atoms with Crippen molar-refractivity contribution < 1.29 is 9.18 Å². The summed E-state index contributed by atoms with van der Waals surface area (Å²) in [4.78, 5) is 13.5. The number of hydrogen-bond donors (Lipinski definition) is 1. The number of halogens is 1. The second kappa shape index (κ2) is 6.55. The summed E-state index contributed by atoms with van der Waals surface area (Å²) < 4.78 is 13.7. The zero-order valence-corrected chi connectivity index (χ0v) is 11.4. The van der Waals surface area contributed by atoms with Gasteiger partial charge in [-0.05, 0) is 30.9 Å². The molecular formula is C15H21FN2O. The zero-order chi connectivity index (χ0) is 13.7. The summed E-state index contributed by atoms with van der Waals surface area (Å²) in [7, 11) is 0. The van der Waals surface area contributed by atoms with Gasteiger partial charge >= 0.3 is 0 Å². The Bertz CT molecular complexity index is 436. The minimum Gasteiger partial charge on any atom is -0.369 e. The minimum absolute atomic E-state index is 0.117. The normalized spacial score (nSPS) is 18.6. The van der Waals surface area contributed by atoms with Gasteiger partial charge in [0.1, 0.15) is 5.82 Å². The smallest absolute Gasteiger partial charge is 0.219 e. The average Bonchev–Trinajstić information content (AvgIpc) is 2.86. The first-order chi connectivity index (χ1) is 9.20. The summed E-state index contributed by atoms with van der Waals surface area (Å²) in [6.07, 6.45) is 2.46. The van der Waals surface area contributed by atoms with Crippen LogP contribution in [0.25, 0.3) is 0 Å². The number of benzene rings is 1. The number of hydrogen-bond acceptors (Lipinski definition) is 2. The number of rotatable bonds is 5. The second-order valence-electron chi connectivity index (χ2n) is 5.11. The fraction of sp³-hybridized carbons (Fsp3) is 0.533. The lowest BCUT2D eigenvalue weighted by Gasteiger charge is -2.19. The molecule has 1 atom stereocenters. The molecule has 1 amide bonds. The third kappa shape index (κ3) is 3.69. The van der Waals surface area contributed by atoms with E-state index in [4.69, 9.17) is 0 Å². The number of carbonyl (C=O) groups is 1. The highest BCUT2D eigenvalue weighted by Gasteiger charge is 2.24. The van der Waals surface area contributed by atoms with E-state index >= 15 is 0 Å². The quantitative estimate of drug-likeness (QED) is 0.886. The third-order valence-corrected chi connectivity index (χ3v) is 3.54. The number of amides is 1. The molecule has 0 bridgehead atoms. The van der Waals surface area contributed by atoms with Crippen LogP contribution < -0.4 is 10.2 Å². The predicted molar refractivity (Wildman–Crippen MR) is 74.6 cm³/mol. The van der Waals surface area contributed by atoms with Crippen molar-refractivity contribution >= 4 is 11.6 Å². The van der Waals surface area contributed by atoms with Crippen molar-refractivity contribution in [3.8, 4) is 0 Å². The van der Waals surface area contributed by atoms with Crippen molar-refractivity contribution in [3.63, 3.8) is 0 Å². The summed E-state index contributed by atoms with van der Waals surface area (Å²) in [5, 5.41) is 2.95. The zero-order valence-electron chi connectivity index (χ0n) is 11.4. The van der Waals surface area contributed by atoms with E-state index in [9.17, 15) is 9.18 Å². The Kier molecular flexibility index (Phi) is 4.77. The molecule has 19 heavy (non-hydrogen) atoms. The fourth-order valence-electron chi connectivity index (χ4n) is 2.50. The van der Waals surface area contributed by atoms with E-state index in [1.54, 1.807) is 6.07 Å². The fourth-order valence-corrected chi connectivity index (χ4v) is 2.50. The summed E-state index contributed by atoms with van der Waals surface area (Å²) in [5.41, 5.74) is 0.671. The van der Waals surface area contributed by atoms with Gasteiger partial charge in [-0.25, -0.2) is 4.39 Å². The van der Waals surface area contributed by atoms with Gasteiger partial charge < -0.3 is 10.2 Å². The van der Waals surface area contributed by atoms with Crippen molar-refractivity contribution in [1.82, 2.24) is 5.32 Å². The molecule has 104 valence electrons. The van der Waals surface area contributed by atoms with E-state index in [0.29, 0.717) is 24.6 Å². The number of para-hydroxylation sites is 1. The first-order valence-corrected chi connectivity index (χ1v) is 6.97. The van der Waals surface area contributed by atoms with Gasteiger partial charge in [-0.1, -0.05) is 19.1 Å². The molecule has 1 unspecified atom stereocenters. The minimum atomic E-state index is -0.168. The molecule has 1 aromatic carbocycles. The highest BCUT2D eigenvalue weighted by atomic mass is 19.1. The first-order valence-electron chi connectivity index (χ1n) is 6.97. The largest absolute Gasteiger partial charge is 0.369 e. The third-order valence-electron chi connectivity index (χ3n) is 3.54. The van der Waals surface area contributed by atoms with E-state index < -0.39 is 0 Å². The van der Waals surface area contributed by atoms with Crippen molar-refractivity contribution in [2.24, 2.45) is 5.92 Å². The summed E-state index contributed by atoms with van der Waals surface area (Å²) >= 11 is 0. The van der Waals surface area contributed by atoms with Gasteiger partial charge in [0.05, 0.1) is 5.69 Å². The molecule has 3 nitrogen and oxygen atoms in total. The molecule has 0 radical (unpaired) electrons. The summed E-state index contributed by atoms with van der Waals surface area (Å²) in [6, 6.07) is 6.87. The lowest BCUT2D eigenvalue weighted by atomic mass is 10.1. The van der Waals surface area contributed by atoms with Crippen molar-refractivity contribution in [3.05, 3.63) is 30.1 Å². The van der Waals surface area contributed by atoms with Gasteiger partial charge in [-0.2, -0.15) is 0 Å². The monoisotopic (exact) mass is 264 g/mol. The number of carbonyl (C=O) groups excluding carboxylic acids is 1. The lowest BCUT2D eigenvalue weighted by molar-refractivity contribution is -0.121. The van der Waals surface area contributed by atoms with Gasteiger partial charge in [-0.3, -0.25) is 4.79 Å². The van der Waals surface area contributed by atoms with E-state index in [-0.39, 0.29) is 11.7 Å². The number of nitrogens with one attached hydrogen (secondary N) is 1. The van der Waals surface area contributed by atoms with E-state index in [2.05, 4.69) is 10.2 Å². The maximum Gasteiger partial charge on any atom is 0.219 e. The molecule has 0 aliphatic carbocycles. The lowest BCUT2D eigenvalue weighted by Crippen LogP contribution is -2.30. The standard InChI is InChI=1S/C15H21FN2O/c1-2-5-15(19)17-10-12-8-9-18(11-12)14-7-4-3-6-13(14)16/h3-4,6-7,12H,2,5,8-11H2,1H3,(H,17,19). The first kappa shape index (κ1) is 13.8. The maximum atomic E-state index is 13.7. The maximum absolute atomic E-state index is 13.7. The Labute approximate surface area is 113 Å². The number of anilines is 1. The topological polar surface area (TPSA) is 32.3 Å². The Morgan fingerprint density at radius 3 is 3.00 bits per heavy atom. The second-order valence-corrected chi connectivity index (χ2v) is 5.11. The Morgan fingerprint density at radius 1 is 1.47 bits per heavy atom. The molecule has 1 N–H and O–H groups in total. The van der Waals surface area contributed by atoms with Gasteiger partial charge in [0.15, 0.2) is 0 Å². The molecule has 0 spiro atoms. The van der Waals surface area contributed by atoms with Crippen LogP contribution in [-0.2, 0) is 4.79 Å². The van der Waals surface area contributed by atoms with Crippen LogP contribution in [0, 0.1) is 11.7 Å². The molecule has 1 heterocycles. The van der Waals surface area contributed by atoms with E-state index in [0.717, 1.165) is 25.9 Å². The predicted octanol–water partition coefficient (Wildman–Crippen LogP) is 2.57. The van der Waals surface area contributed by atoms with E-state index in [1.165, 1.54) is 6.07 Å². The van der Waals surface area contributed by atoms with Crippen molar-refractivity contribution in [2.45, 2.75) is 26.2 Å². The van der Waals surface area contributed by atoms with Crippen LogP contribution in [0.5, 0.6) is 0 Å². The Morgan fingerprint density at radius 2 is 2.26 bits per heavy atom. The van der Waals surface area contributed by atoms with Gasteiger partial charge in [0.2, 0.25) is 5.91 Å². The molecular weight excluding hydrogens is 243 g/mol. The number of nitrogens with zero attached hydrogens (tertiary/aromatic N) is 1. The highest BCUT2D eigenvalue weighted by Crippen LogP contribution is 2.25. The molecule has 4 heteroatoms. The van der Waals surface area contributed by atoms with Crippen LogP contribution >= 0.6 is 0 Å². The SMILES string of the molecule is CCCC(=O)NCC1CCN(c2ccccc2F)C1. The Balaban J connectivity index is 1.83. The van der Waals surface area contributed by atoms with Crippen LogP contribution in [0.3, 0.4) is 0 Å². The van der Waals surface area contributed by atoms with Crippen LogP contribution in [0.1, 0.15) is 26.2 Å². The van der Waals surface area contributed by atoms with Crippen molar-refractivity contribution in [2.75, 3.05) is 24.5 Å². The van der Waals surface area contributed by atoms with E-state index in [1.807, 2.05) is 19.1 Å². The van der Waals surface area contributed by atoms with Crippen LogP contribution in [0.15, 0.2) is 24.3 Å². The average molecular weight is 264 g/mol. The van der Waals surface area contributed by atoms with Gasteiger partial charge in [0.25, 0.3) is 0 Å². The highest BCUT2D eigenvalue weighted by molar-refractivity contribution is 5.75. The summed E-state index contributed by atoms with van der Waals surface area (Å²) in [6.45, 7) is 4.36. The Hall–Kier alpha value is -1.58. The molecule has 1 saturated heterocycles. The molecule has 0 saturated carbocycles. The molecule has 1 aliphatic rings. The molecule has 1 fully saturated rings. The molecule has 1 aromatic rings. The van der Waals surface area contributed by atoms with Crippen molar-refractivity contribution in [1.29, 1.82) is 0 Å². The van der Waals surface area contributed by atoms with Crippen LogP contribution in [-0.4, -0.2) is 25.5 Å². The summed E-state index contributed by atoms with van der Waals surface area (Å²) in [5.74, 6) is 0.366. The molecule has 1 aliphatic heterocycles. The molecule has 0 aromatic heterocycles. The van der Waals surface area contributed by atoms with Crippen LogP contribution in [0.2, 0.25) is 0 Å². The van der Waals surface area contributed by atoms with Gasteiger partial charge in [-0.15, -0.1) is 0 Å². The van der Waals surface area contributed by atoms with Crippen LogP contribution in [0.4, 0.5) is 10.1 Å². The molecule has 2 rings (SSSR count).